The standard InChI is InChI=1S/C10H12N2O3/c1-15-10(14)7-4-2-6(3-5-7)8(11)9(12)13/h2-5,8H,11H2,1H3,(H2,12,13)/t8-/m0/s1. The Labute approximate surface area is 87.0 Å². The molecule has 1 aromatic carbocycles. The molecular weight excluding hydrogens is 196 g/mol. The number of carbonyl (C=O) groups excluding carboxylic acids is 2. The molecule has 0 spiro atoms. The van der Waals surface area contributed by atoms with Crippen LogP contribution >= 0.6 is 0 Å². The Morgan fingerprint density at radius 3 is 2.20 bits per heavy atom. The second-order valence-corrected chi connectivity index (χ2v) is 2.99. The zero-order valence-electron chi connectivity index (χ0n) is 8.27. The highest BCUT2D eigenvalue weighted by molar-refractivity contribution is 5.89. The normalized spacial score (nSPS) is 11.9. The molecule has 0 bridgehead atoms. The summed E-state index contributed by atoms with van der Waals surface area (Å²) in [5.74, 6) is -1.05. The summed E-state index contributed by atoms with van der Waals surface area (Å²) in [6.45, 7) is 0. The van der Waals surface area contributed by atoms with Crippen LogP contribution in [0.3, 0.4) is 0 Å². The highest BCUT2D eigenvalue weighted by atomic mass is 16.5. The summed E-state index contributed by atoms with van der Waals surface area (Å²) >= 11 is 0. The monoisotopic (exact) mass is 208 g/mol. The molecule has 1 aromatic rings. The number of benzene rings is 1. The summed E-state index contributed by atoms with van der Waals surface area (Å²) < 4.78 is 4.52. The third-order valence-electron chi connectivity index (χ3n) is 2.00. The number of primary amides is 1. The van der Waals surface area contributed by atoms with E-state index in [2.05, 4.69) is 4.74 Å². The van der Waals surface area contributed by atoms with Crippen LogP contribution in [0.2, 0.25) is 0 Å². The van der Waals surface area contributed by atoms with Gasteiger partial charge in [-0.25, -0.2) is 4.79 Å². The van der Waals surface area contributed by atoms with Crippen molar-refractivity contribution in [2.75, 3.05) is 7.11 Å². The van der Waals surface area contributed by atoms with Gasteiger partial charge in [-0.3, -0.25) is 4.79 Å². The number of esters is 1. The Morgan fingerprint density at radius 2 is 1.80 bits per heavy atom. The minimum atomic E-state index is -0.850. The van der Waals surface area contributed by atoms with Crippen molar-refractivity contribution in [3.8, 4) is 0 Å². The molecule has 0 aromatic heterocycles. The van der Waals surface area contributed by atoms with Crippen molar-refractivity contribution in [1.29, 1.82) is 0 Å². The van der Waals surface area contributed by atoms with Gasteiger partial charge in [0.15, 0.2) is 0 Å². The molecule has 1 amide bonds. The van der Waals surface area contributed by atoms with E-state index in [0.717, 1.165) is 0 Å². The summed E-state index contributed by atoms with van der Waals surface area (Å²) in [5, 5.41) is 0. The van der Waals surface area contributed by atoms with Gasteiger partial charge in [0.05, 0.1) is 12.7 Å². The number of methoxy groups -OCH3 is 1. The van der Waals surface area contributed by atoms with Gasteiger partial charge in [0.1, 0.15) is 6.04 Å². The third kappa shape index (κ3) is 2.54. The number of amides is 1. The van der Waals surface area contributed by atoms with E-state index in [4.69, 9.17) is 11.5 Å². The quantitative estimate of drug-likeness (QED) is 0.681. The maximum atomic E-state index is 11.1. The van der Waals surface area contributed by atoms with Crippen LogP contribution in [0, 0.1) is 0 Å². The number of hydrogen-bond donors (Lipinski definition) is 2. The van der Waals surface area contributed by atoms with Crippen LogP contribution in [0.15, 0.2) is 24.3 Å². The molecule has 0 fully saturated rings. The van der Waals surface area contributed by atoms with Crippen LogP contribution in [0.5, 0.6) is 0 Å². The first-order valence-electron chi connectivity index (χ1n) is 4.29. The fourth-order valence-corrected chi connectivity index (χ4v) is 1.11. The lowest BCUT2D eigenvalue weighted by atomic mass is 10.1. The van der Waals surface area contributed by atoms with E-state index < -0.39 is 17.9 Å². The Hall–Kier alpha value is -1.88. The van der Waals surface area contributed by atoms with Crippen molar-refractivity contribution in [3.63, 3.8) is 0 Å². The van der Waals surface area contributed by atoms with Gasteiger partial charge in [0.2, 0.25) is 5.91 Å². The molecule has 0 saturated carbocycles. The molecule has 0 radical (unpaired) electrons. The summed E-state index contributed by atoms with van der Waals surface area (Å²) in [6.07, 6.45) is 0. The zero-order valence-corrected chi connectivity index (χ0v) is 8.27. The second kappa shape index (κ2) is 4.56. The number of ether oxygens (including phenoxy) is 1. The topological polar surface area (TPSA) is 95.4 Å². The summed E-state index contributed by atoms with van der Waals surface area (Å²) in [6, 6.07) is 5.36. The predicted octanol–water partition coefficient (Wildman–Crippen LogP) is -0.0417. The lowest BCUT2D eigenvalue weighted by molar-refractivity contribution is -0.119. The third-order valence-corrected chi connectivity index (χ3v) is 2.00. The molecule has 1 rings (SSSR count). The maximum absolute atomic E-state index is 11.1. The molecule has 0 aliphatic rings. The molecule has 5 heteroatoms. The lowest BCUT2D eigenvalue weighted by Crippen LogP contribution is -2.28. The molecule has 0 unspecified atom stereocenters. The molecular formula is C10H12N2O3. The van der Waals surface area contributed by atoms with E-state index in [1.54, 1.807) is 12.1 Å². The summed E-state index contributed by atoms with van der Waals surface area (Å²) in [7, 11) is 1.30. The van der Waals surface area contributed by atoms with Crippen molar-refractivity contribution < 1.29 is 14.3 Å². The maximum Gasteiger partial charge on any atom is 0.337 e. The van der Waals surface area contributed by atoms with E-state index in [0.29, 0.717) is 11.1 Å². The number of rotatable bonds is 3. The fraction of sp³-hybridized carbons (Fsp3) is 0.200. The fourth-order valence-electron chi connectivity index (χ4n) is 1.11. The van der Waals surface area contributed by atoms with E-state index in [9.17, 15) is 9.59 Å². The van der Waals surface area contributed by atoms with Gasteiger partial charge in [-0.2, -0.15) is 0 Å². The predicted molar refractivity (Wildman–Crippen MR) is 53.9 cm³/mol. The molecule has 0 aliphatic heterocycles. The van der Waals surface area contributed by atoms with Crippen LogP contribution < -0.4 is 11.5 Å². The van der Waals surface area contributed by atoms with Gasteiger partial charge in [-0.1, -0.05) is 12.1 Å². The molecule has 80 valence electrons. The lowest BCUT2D eigenvalue weighted by Gasteiger charge is -2.07. The van der Waals surface area contributed by atoms with Gasteiger partial charge in [0, 0.05) is 0 Å². The minimum absolute atomic E-state index is 0.401. The Bertz CT molecular complexity index is 373. The largest absolute Gasteiger partial charge is 0.465 e. The highest BCUT2D eigenvalue weighted by Gasteiger charge is 2.12. The van der Waals surface area contributed by atoms with Crippen LogP contribution in [0.1, 0.15) is 22.0 Å². The van der Waals surface area contributed by atoms with Gasteiger partial charge in [-0.15, -0.1) is 0 Å². The van der Waals surface area contributed by atoms with Crippen molar-refractivity contribution in [3.05, 3.63) is 35.4 Å². The van der Waals surface area contributed by atoms with Gasteiger partial charge in [0.25, 0.3) is 0 Å². The average molecular weight is 208 g/mol. The van der Waals surface area contributed by atoms with Crippen LogP contribution in [-0.4, -0.2) is 19.0 Å². The molecule has 15 heavy (non-hydrogen) atoms. The average Bonchev–Trinajstić information content (AvgIpc) is 2.27. The van der Waals surface area contributed by atoms with Crippen LogP contribution in [-0.2, 0) is 9.53 Å². The van der Waals surface area contributed by atoms with E-state index in [1.807, 2.05) is 0 Å². The van der Waals surface area contributed by atoms with Gasteiger partial charge in [-0.05, 0) is 17.7 Å². The zero-order chi connectivity index (χ0) is 11.4. The van der Waals surface area contributed by atoms with E-state index in [1.165, 1.54) is 19.2 Å². The van der Waals surface area contributed by atoms with Crippen molar-refractivity contribution in [1.82, 2.24) is 0 Å². The summed E-state index contributed by atoms with van der Waals surface area (Å²) in [5.41, 5.74) is 11.5. The summed E-state index contributed by atoms with van der Waals surface area (Å²) in [4.78, 5) is 21.9. The first kappa shape index (κ1) is 11.2. The molecule has 0 aliphatic carbocycles. The molecule has 0 heterocycles. The van der Waals surface area contributed by atoms with Crippen molar-refractivity contribution in [2.24, 2.45) is 11.5 Å². The van der Waals surface area contributed by atoms with E-state index in [-0.39, 0.29) is 0 Å². The number of hydrogen-bond acceptors (Lipinski definition) is 4. The van der Waals surface area contributed by atoms with Crippen LogP contribution in [0.25, 0.3) is 0 Å². The first-order valence-corrected chi connectivity index (χ1v) is 4.29. The van der Waals surface area contributed by atoms with Gasteiger partial charge >= 0.3 is 5.97 Å². The van der Waals surface area contributed by atoms with E-state index >= 15 is 0 Å². The minimum Gasteiger partial charge on any atom is -0.465 e. The smallest absolute Gasteiger partial charge is 0.337 e. The molecule has 1 atom stereocenters. The van der Waals surface area contributed by atoms with Crippen molar-refractivity contribution >= 4 is 11.9 Å². The number of nitrogens with two attached hydrogens (primary N) is 2. The Morgan fingerprint density at radius 1 is 1.27 bits per heavy atom. The SMILES string of the molecule is COC(=O)c1ccc([C@H](N)C(N)=O)cc1. The second-order valence-electron chi connectivity index (χ2n) is 2.99. The molecule has 4 N–H and O–H groups in total. The molecule has 0 saturated heterocycles. The molecule has 5 nitrogen and oxygen atoms in total. The van der Waals surface area contributed by atoms with Crippen LogP contribution in [0.4, 0.5) is 0 Å². The Balaban J connectivity index is 2.90. The Kier molecular flexibility index (Phi) is 3.41. The van der Waals surface area contributed by atoms with Gasteiger partial charge < -0.3 is 16.2 Å². The first-order chi connectivity index (χ1) is 7.06. The van der Waals surface area contributed by atoms with Crippen molar-refractivity contribution in [2.45, 2.75) is 6.04 Å². The highest BCUT2D eigenvalue weighted by Crippen LogP contribution is 2.11. The number of carbonyl (C=O) groups is 2.